The maximum Gasteiger partial charge on any atom is 0.330 e. The maximum absolute atomic E-state index is 12.0. The number of benzene rings is 1. The van der Waals surface area contributed by atoms with Gasteiger partial charge in [0.25, 0.3) is 0 Å². The molecule has 114 valence electrons. The van der Waals surface area contributed by atoms with Crippen LogP contribution in [0.2, 0.25) is 0 Å². The fraction of sp³-hybridized carbons (Fsp3) is 0.267. The van der Waals surface area contributed by atoms with Gasteiger partial charge in [0.05, 0.1) is 0 Å². The Balaban J connectivity index is 2.19. The SMILES string of the molecule is N#CCOC(=O)C(Cc1c[nH]c2ccccc12)NC(=O)CCl. The minimum atomic E-state index is -0.890. The monoisotopic (exact) mass is 319 g/mol. The number of fused-ring (bicyclic) bond motifs is 1. The summed E-state index contributed by atoms with van der Waals surface area (Å²) in [6.07, 6.45) is 2.03. The fourth-order valence-electron chi connectivity index (χ4n) is 2.15. The number of rotatable bonds is 6. The van der Waals surface area contributed by atoms with Crippen molar-refractivity contribution in [2.75, 3.05) is 12.5 Å². The van der Waals surface area contributed by atoms with Crippen molar-refractivity contribution in [1.29, 1.82) is 5.26 Å². The first-order chi connectivity index (χ1) is 10.7. The summed E-state index contributed by atoms with van der Waals surface area (Å²) in [5.74, 6) is -1.39. The van der Waals surface area contributed by atoms with Gasteiger partial charge < -0.3 is 15.0 Å². The summed E-state index contributed by atoms with van der Waals surface area (Å²) >= 11 is 5.46. The average molecular weight is 320 g/mol. The number of nitriles is 1. The number of aromatic nitrogens is 1. The second-order valence-corrected chi connectivity index (χ2v) is 4.85. The minimum absolute atomic E-state index is 0.247. The number of ether oxygens (including phenoxy) is 1. The Bertz CT molecular complexity index is 720. The molecule has 7 heteroatoms. The summed E-state index contributed by atoms with van der Waals surface area (Å²) in [6.45, 7) is -0.361. The highest BCUT2D eigenvalue weighted by molar-refractivity contribution is 6.27. The van der Waals surface area contributed by atoms with Crippen molar-refractivity contribution in [3.05, 3.63) is 36.0 Å². The Morgan fingerprint density at radius 2 is 2.18 bits per heavy atom. The van der Waals surface area contributed by atoms with E-state index in [1.807, 2.05) is 24.3 Å². The van der Waals surface area contributed by atoms with Crippen molar-refractivity contribution in [1.82, 2.24) is 10.3 Å². The van der Waals surface area contributed by atoms with Gasteiger partial charge in [0.15, 0.2) is 6.61 Å². The first-order valence-electron chi connectivity index (χ1n) is 6.59. The van der Waals surface area contributed by atoms with Gasteiger partial charge in [-0.2, -0.15) is 5.26 Å². The fourth-order valence-corrected chi connectivity index (χ4v) is 2.23. The number of nitrogens with one attached hydrogen (secondary N) is 2. The van der Waals surface area contributed by atoms with Crippen LogP contribution in [-0.2, 0) is 20.7 Å². The number of H-pyrrole nitrogens is 1. The number of carbonyl (C=O) groups excluding carboxylic acids is 2. The lowest BCUT2D eigenvalue weighted by atomic mass is 10.0. The molecular formula is C15H14ClN3O3. The molecule has 0 aliphatic carbocycles. The van der Waals surface area contributed by atoms with E-state index in [1.165, 1.54) is 0 Å². The van der Waals surface area contributed by atoms with E-state index in [0.717, 1.165) is 16.5 Å². The van der Waals surface area contributed by atoms with Crippen molar-refractivity contribution in [3.8, 4) is 6.07 Å². The number of hydrogen-bond donors (Lipinski definition) is 2. The zero-order valence-corrected chi connectivity index (χ0v) is 12.4. The van der Waals surface area contributed by atoms with Crippen LogP contribution < -0.4 is 5.32 Å². The Morgan fingerprint density at radius 3 is 2.91 bits per heavy atom. The molecule has 1 aromatic carbocycles. The summed E-state index contributed by atoms with van der Waals surface area (Å²) in [5.41, 5.74) is 1.80. The van der Waals surface area contributed by atoms with Crippen LogP contribution in [0.1, 0.15) is 5.56 Å². The van der Waals surface area contributed by atoms with Crippen LogP contribution >= 0.6 is 11.6 Å². The van der Waals surface area contributed by atoms with E-state index in [9.17, 15) is 9.59 Å². The Hall–Kier alpha value is -2.52. The molecule has 0 bridgehead atoms. The van der Waals surface area contributed by atoms with Crippen molar-refractivity contribution in [3.63, 3.8) is 0 Å². The molecule has 22 heavy (non-hydrogen) atoms. The van der Waals surface area contributed by atoms with E-state index in [1.54, 1.807) is 12.3 Å². The summed E-state index contributed by atoms with van der Waals surface area (Å²) in [6, 6.07) is 8.45. The topological polar surface area (TPSA) is 95.0 Å². The van der Waals surface area contributed by atoms with Gasteiger partial charge in [-0.15, -0.1) is 11.6 Å². The number of para-hydroxylation sites is 1. The van der Waals surface area contributed by atoms with Crippen LogP contribution in [0.3, 0.4) is 0 Å². The zero-order chi connectivity index (χ0) is 15.9. The van der Waals surface area contributed by atoms with E-state index in [4.69, 9.17) is 21.6 Å². The summed E-state index contributed by atoms with van der Waals surface area (Å²) in [5, 5.41) is 12.0. The third-order valence-electron chi connectivity index (χ3n) is 3.12. The number of hydrogen-bond acceptors (Lipinski definition) is 4. The van der Waals surface area contributed by atoms with Crippen molar-refractivity contribution in [2.24, 2.45) is 0 Å². The molecule has 1 atom stereocenters. The van der Waals surface area contributed by atoms with E-state index in [2.05, 4.69) is 10.3 Å². The lowest BCUT2D eigenvalue weighted by molar-refractivity contribution is -0.146. The standard InChI is InChI=1S/C15H14ClN3O3/c16-8-14(20)19-13(15(21)22-6-5-17)7-10-9-18-12-4-2-1-3-11(10)12/h1-4,9,13,18H,6-8H2,(H,19,20). The van der Waals surface area contributed by atoms with Gasteiger partial charge in [0.1, 0.15) is 18.0 Å². The maximum atomic E-state index is 12.0. The number of alkyl halides is 1. The molecule has 1 aromatic heterocycles. The Morgan fingerprint density at radius 1 is 1.41 bits per heavy atom. The van der Waals surface area contributed by atoms with Crippen LogP contribution in [-0.4, -0.2) is 35.4 Å². The third-order valence-corrected chi connectivity index (χ3v) is 3.36. The van der Waals surface area contributed by atoms with Crippen molar-refractivity contribution < 1.29 is 14.3 Å². The van der Waals surface area contributed by atoms with Crippen LogP contribution in [0.15, 0.2) is 30.5 Å². The first-order valence-corrected chi connectivity index (χ1v) is 7.13. The zero-order valence-electron chi connectivity index (χ0n) is 11.6. The molecule has 1 heterocycles. The summed E-state index contributed by atoms with van der Waals surface area (Å²) in [7, 11) is 0. The first kappa shape index (κ1) is 15.9. The number of amides is 1. The summed E-state index contributed by atoms with van der Waals surface area (Å²) < 4.78 is 4.79. The molecule has 2 rings (SSSR count). The van der Waals surface area contributed by atoms with Crippen LogP contribution in [0.5, 0.6) is 0 Å². The molecule has 0 fully saturated rings. The second-order valence-electron chi connectivity index (χ2n) is 4.58. The van der Waals surface area contributed by atoms with E-state index < -0.39 is 17.9 Å². The Kier molecular flexibility index (Phi) is 5.39. The number of nitrogens with zero attached hydrogens (tertiary/aromatic N) is 1. The van der Waals surface area contributed by atoms with E-state index in [-0.39, 0.29) is 18.9 Å². The van der Waals surface area contributed by atoms with Crippen LogP contribution in [0.25, 0.3) is 10.9 Å². The smallest absolute Gasteiger partial charge is 0.330 e. The van der Waals surface area contributed by atoms with Crippen molar-refractivity contribution >= 4 is 34.4 Å². The molecule has 0 radical (unpaired) electrons. The van der Waals surface area contributed by atoms with Gasteiger partial charge >= 0.3 is 5.97 Å². The largest absolute Gasteiger partial charge is 0.449 e. The molecule has 0 aliphatic heterocycles. The minimum Gasteiger partial charge on any atom is -0.449 e. The van der Waals surface area contributed by atoms with Gasteiger partial charge in [-0.25, -0.2) is 4.79 Å². The number of aromatic amines is 1. The molecule has 0 aliphatic rings. The molecule has 1 amide bonds. The Labute approximate surface area is 132 Å². The van der Waals surface area contributed by atoms with Crippen molar-refractivity contribution in [2.45, 2.75) is 12.5 Å². The van der Waals surface area contributed by atoms with E-state index >= 15 is 0 Å². The molecule has 0 saturated carbocycles. The number of halogens is 1. The second kappa shape index (κ2) is 7.48. The van der Waals surface area contributed by atoms with Gasteiger partial charge in [-0.3, -0.25) is 4.79 Å². The molecule has 1 unspecified atom stereocenters. The van der Waals surface area contributed by atoms with Gasteiger partial charge in [0.2, 0.25) is 5.91 Å². The van der Waals surface area contributed by atoms with Gasteiger partial charge in [-0.1, -0.05) is 18.2 Å². The molecule has 2 aromatic rings. The highest BCUT2D eigenvalue weighted by atomic mass is 35.5. The van der Waals surface area contributed by atoms with Gasteiger partial charge in [0, 0.05) is 23.5 Å². The quantitative estimate of drug-likeness (QED) is 0.623. The predicted octanol–water partition coefficient (Wildman–Crippen LogP) is 1.50. The van der Waals surface area contributed by atoms with Crippen LogP contribution in [0.4, 0.5) is 0 Å². The lowest BCUT2D eigenvalue weighted by Gasteiger charge is -2.16. The van der Waals surface area contributed by atoms with E-state index in [0.29, 0.717) is 0 Å². The average Bonchev–Trinajstić information content (AvgIpc) is 2.95. The molecule has 6 nitrogen and oxygen atoms in total. The third kappa shape index (κ3) is 3.77. The number of esters is 1. The predicted molar refractivity (Wildman–Crippen MR) is 81.2 cm³/mol. The highest BCUT2D eigenvalue weighted by Crippen LogP contribution is 2.19. The van der Waals surface area contributed by atoms with Gasteiger partial charge in [-0.05, 0) is 11.6 Å². The number of carbonyl (C=O) groups is 2. The molecule has 0 spiro atoms. The van der Waals surface area contributed by atoms with Crippen LogP contribution in [0, 0.1) is 11.3 Å². The highest BCUT2D eigenvalue weighted by Gasteiger charge is 2.23. The molecule has 0 saturated heterocycles. The molecule has 2 N–H and O–H groups in total. The normalized spacial score (nSPS) is 11.6. The lowest BCUT2D eigenvalue weighted by Crippen LogP contribution is -2.44. The summed E-state index contributed by atoms with van der Waals surface area (Å²) in [4.78, 5) is 26.5. The molecular weight excluding hydrogens is 306 g/mol.